The maximum Gasteiger partial charge on any atom is 0.338 e. The lowest BCUT2D eigenvalue weighted by Gasteiger charge is -2.06. The lowest BCUT2D eigenvalue weighted by atomic mass is 10.2. The van der Waals surface area contributed by atoms with Gasteiger partial charge < -0.3 is 10.2 Å². The molecule has 2 rings (SSSR count). The van der Waals surface area contributed by atoms with E-state index in [1.807, 2.05) is 0 Å². The van der Waals surface area contributed by atoms with Crippen LogP contribution in [0.15, 0.2) is 41.5 Å². The monoisotopic (exact) mass is 232 g/mol. The minimum atomic E-state index is -0.571. The fourth-order valence-corrected chi connectivity index (χ4v) is 1.53. The number of carbonyl (C=O) groups is 1. The Morgan fingerprint density at radius 1 is 1.18 bits per heavy atom. The molecule has 0 aliphatic heterocycles. The Kier molecular flexibility index (Phi) is 2.61. The first kappa shape index (κ1) is 10.9. The summed E-state index contributed by atoms with van der Waals surface area (Å²) in [6.07, 6.45) is 0. The number of hydrogen-bond donors (Lipinski definition) is 3. The molecule has 6 nitrogen and oxygen atoms in total. The van der Waals surface area contributed by atoms with Gasteiger partial charge in [-0.05, 0) is 18.2 Å². The highest BCUT2D eigenvalue weighted by molar-refractivity contribution is 5.94. The smallest absolute Gasteiger partial charge is 0.338 e. The van der Waals surface area contributed by atoms with Crippen molar-refractivity contribution in [2.45, 2.75) is 0 Å². The number of nitrogens with two attached hydrogens (primary N) is 1. The van der Waals surface area contributed by atoms with E-state index in [0.29, 0.717) is 5.69 Å². The molecule has 0 saturated heterocycles. The molecule has 1 aromatic heterocycles. The van der Waals surface area contributed by atoms with E-state index in [2.05, 4.69) is 5.11 Å². The first-order valence-corrected chi connectivity index (χ1v) is 4.79. The predicted octanol–water partition coefficient (Wildman–Crippen LogP) is 0.240. The lowest BCUT2D eigenvalue weighted by Crippen LogP contribution is -2.26. The van der Waals surface area contributed by atoms with E-state index in [1.165, 1.54) is 22.8 Å². The van der Waals surface area contributed by atoms with Crippen molar-refractivity contribution in [3.05, 3.63) is 42.0 Å². The summed E-state index contributed by atoms with van der Waals surface area (Å²) in [4.78, 5) is 11.3. The predicted molar refractivity (Wildman–Crippen MR) is 57.8 cm³/mol. The second-order valence-corrected chi connectivity index (χ2v) is 3.37. The van der Waals surface area contributed by atoms with Gasteiger partial charge in [-0.2, -0.15) is 0 Å². The lowest BCUT2D eigenvalue weighted by molar-refractivity contribution is -0.211. The third-order valence-corrected chi connectivity index (χ3v) is 2.31. The van der Waals surface area contributed by atoms with Crippen LogP contribution in [-0.2, 0) is 0 Å². The Balaban J connectivity index is 2.54. The standard InChI is InChI=1S/C11H9N3O3/c12-13-11(17)7-2-1-3-8(6-7)14-9(15)4-5-10(14)16/h1-6,12,15-16H/p+1. The van der Waals surface area contributed by atoms with Crippen molar-refractivity contribution in [3.8, 4) is 17.4 Å². The zero-order valence-electron chi connectivity index (χ0n) is 8.74. The van der Waals surface area contributed by atoms with Crippen LogP contribution >= 0.6 is 0 Å². The van der Waals surface area contributed by atoms with Gasteiger partial charge in [0, 0.05) is 22.8 Å². The van der Waals surface area contributed by atoms with Crippen LogP contribution < -0.4 is 5.53 Å². The van der Waals surface area contributed by atoms with Gasteiger partial charge in [-0.15, -0.1) is 5.53 Å². The Bertz CT molecular complexity index is 570. The third kappa shape index (κ3) is 1.87. The summed E-state index contributed by atoms with van der Waals surface area (Å²) >= 11 is 0. The molecule has 86 valence electrons. The molecule has 1 amide bonds. The molecule has 2 aromatic rings. The highest BCUT2D eigenvalue weighted by Gasteiger charge is 2.11. The zero-order chi connectivity index (χ0) is 12.4. The number of aromatic hydroxyl groups is 2. The second-order valence-electron chi connectivity index (χ2n) is 3.37. The average Bonchev–Trinajstić information content (AvgIpc) is 2.68. The summed E-state index contributed by atoms with van der Waals surface area (Å²) < 4.78 is 1.19. The van der Waals surface area contributed by atoms with Crippen molar-refractivity contribution in [1.29, 1.82) is 0 Å². The van der Waals surface area contributed by atoms with Crippen LogP contribution in [0.4, 0.5) is 0 Å². The highest BCUT2D eigenvalue weighted by atomic mass is 16.3. The van der Waals surface area contributed by atoms with Gasteiger partial charge in [-0.25, -0.2) is 0 Å². The van der Waals surface area contributed by atoms with E-state index in [-0.39, 0.29) is 17.3 Å². The topological polar surface area (TPSA) is 100 Å². The molecule has 4 N–H and O–H groups in total. The minimum absolute atomic E-state index is 0.128. The van der Waals surface area contributed by atoms with Crippen LogP contribution in [0, 0.1) is 0 Å². The van der Waals surface area contributed by atoms with Gasteiger partial charge >= 0.3 is 5.91 Å². The Labute approximate surface area is 96.3 Å². The molecule has 0 aliphatic rings. The third-order valence-electron chi connectivity index (χ3n) is 2.31. The van der Waals surface area contributed by atoms with Crippen molar-refractivity contribution >= 4 is 5.91 Å². The molecule has 6 heteroatoms. The molecule has 1 heterocycles. The van der Waals surface area contributed by atoms with Gasteiger partial charge in [0.15, 0.2) is 11.8 Å². The van der Waals surface area contributed by atoms with Gasteiger partial charge in [-0.1, -0.05) is 6.07 Å². The fraction of sp³-hybridized carbons (Fsp3) is 0. The first-order valence-electron chi connectivity index (χ1n) is 4.79. The van der Waals surface area contributed by atoms with Gasteiger partial charge in [-0.3, -0.25) is 9.36 Å². The molecule has 0 unspecified atom stereocenters. The number of rotatable bonds is 2. The molecular formula is C11H10N3O3+. The molecule has 0 bridgehead atoms. The van der Waals surface area contributed by atoms with E-state index < -0.39 is 5.91 Å². The number of amides is 1. The molecular weight excluding hydrogens is 222 g/mol. The van der Waals surface area contributed by atoms with Crippen LogP contribution in [0.1, 0.15) is 10.4 Å². The van der Waals surface area contributed by atoms with Crippen LogP contribution in [0.3, 0.4) is 0 Å². The maximum absolute atomic E-state index is 11.3. The number of hydrogen-bond acceptors (Lipinski definition) is 3. The van der Waals surface area contributed by atoms with Gasteiger partial charge in [0.05, 0.1) is 5.69 Å². The first-order chi connectivity index (χ1) is 8.13. The minimum Gasteiger partial charge on any atom is -0.494 e. The average molecular weight is 232 g/mol. The quantitative estimate of drug-likeness (QED) is 0.646. The molecule has 0 spiro atoms. The Morgan fingerprint density at radius 2 is 1.82 bits per heavy atom. The van der Waals surface area contributed by atoms with Crippen molar-refractivity contribution in [3.63, 3.8) is 0 Å². The maximum atomic E-state index is 11.3. The molecule has 0 radical (unpaired) electrons. The van der Waals surface area contributed by atoms with Crippen LogP contribution in [0.2, 0.25) is 0 Å². The second kappa shape index (κ2) is 4.09. The SMILES string of the molecule is [NH2+]=NC(=O)c1cccc(-n2c(O)ccc2O)c1. The molecule has 0 saturated carbocycles. The highest BCUT2D eigenvalue weighted by Crippen LogP contribution is 2.26. The normalized spacial score (nSPS) is 10.1. The summed E-state index contributed by atoms with van der Waals surface area (Å²) in [7, 11) is 0. The van der Waals surface area contributed by atoms with E-state index >= 15 is 0 Å². The Hall–Kier alpha value is -2.63. The van der Waals surface area contributed by atoms with Gasteiger partial charge in [0.25, 0.3) is 0 Å². The zero-order valence-corrected chi connectivity index (χ0v) is 8.74. The fourth-order valence-electron chi connectivity index (χ4n) is 1.53. The number of nitrogens with zero attached hydrogens (tertiary/aromatic N) is 2. The van der Waals surface area contributed by atoms with Crippen LogP contribution in [0.5, 0.6) is 11.8 Å². The molecule has 17 heavy (non-hydrogen) atoms. The van der Waals surface area contributed by atoms with E-state index in [9.17, 15) is 15.0 Å². The van der Waals surface area contributed by atoms with Crippen molar-refractivity contribution in [2.24, 2.45) is 5.11 Å². The van der Waals surface area contributed by atoms with Crippen molar-refractivity contribution in [2.75, 3.05) is 0 Å². The number of carbonyl (C=O) groups excluding carboxylic acids is 1. The molecule has 0 aliphatic carbocycles. The van der Waals surface area contributed by atoms with Gasteiger partial charge in [0.1, 0.15) is 0 Å². The van der Waals surface area contributed by atoms with Gasteiger partial charge in [0.2, 0.25) is 0 Å². The number of benzene rings is 1. The molecule has 0 fully saturated rings. The number of aromatic nitrogens is 1. The summed E-state index contributed by atoms with van der Waals surface area (Å²) in [6, 6.07) is 8.94. The van der Waals surface area contributed by atoms with E-state index in [4.69, 9.17) is 5.53 Å². The van der Waals surface area contributed by atoms with Crippen LogP contribution in [0.25, 0.3) is 5.69 Å². The summed E-state index contributed by atoms with van der Waals surface area (Å²) in [5, 5.41) is 22.1. The van der Waals surface area contributed by atoms with Crippen molar-refractivity contribution in [1.82, 2.24) is 4.57 Å². The van der Waals surface area contributed by atoms with Crippen LogP contribution in [-0.4, -0.2) is 20.7 Å². The summed E-state index contributed by atoms with van der Waals surface area (Å²) in [6.45, 7) is 0. The molecule has 1 aromatic carbocycles. The van der Waals surface area contributed by atoms with E-state index in [0.717, 1.165) is 0 Å². The Morgan fingerprint density at radius 3 is 2.41 bits per heavy atom. The summed E-state index contributed by atoms with van der Waals surface area (Å²) in [5.74, 6) is -0.827. The molecule has 0 atom stereocenters. The van der Waals surface area contributed by atoms with Crippen molar-refractivity contribution < 1.29 is 20.5 Å². The van der Waals surface area contributed by atoms with E-state index in [1.54, 1.807) is 18.2 Å². The summed E-state index contributed by atoms with van der Waals surface area (Å²) in [5.41, 5.74) is 5.62. The largest absolute Gasteiger partial charge is 0.494 e.